The van der Waals surface area contributed by atoms with E-state index in [-0.39, 0.29) is 6.03 Å². The summed E-state index contributed by atoms with van der Waals surface area (Å²) in [5, 5.41) is 3.24. The lowest BCUT2D eigenvalue weighted by Gasteiger charge is -2.34. The third-order valence-electron chi connectivity index (χ3n) is 5.90. The van der Waals surface area contributed by atoms with Crippen molar-refractivity contribution in [3.05, 3.63) is 48.3 Å². The quantitative estimate of drug-likeness (QED) is 0.899. The zero-order valence-electron chi connectivity index (χ0n) is 15.9. The second-order valence-corrected chi connectivity index (χ2v) is 7.82. The average molecular weight is 367 g/mol. The number of piperidine rings is 1. The van der Waals surface area contributed by atoms with Crippen LogP contribution < -0.4 is 5.32 Å². The van der Waals surface area contributed by atoms with Crippen LogP contribution in [0.15, 0.2) is 36.9 Å². The predicted molar refractivity (Wildman–Crippen MR) is 105 cm³/mol. The van der Waals surface area contributed by atoms with Gasteiger partial charge in [0.15, 0.2) is 0 Å². The molecule has 0 radical (unpaired) electrons. The summed E-state index contributed by atoms with van der Waals surface area (Å²) in [7, 11) is 0. The number of amides is 2. The first-order valence-corrected chi connectivity index (χ1v) is 10.2. The molecule has 1 saturated carbocycles. The molecule has 3 heterocycles. The minimum absolute atomic E-state index is 0.124. The second-order valence-electron chi connectivity index (χ2n) is 7.82. The van der Waals surface area contributed by atoms with E-state index in [0.29, 0.717) is 12.0 Å². The molecule has 2 fully saturated rings. The summed E-state index contributed by atoms with van der Waals surface area (Å²) in [6, 6.07) is 4.56. The van der Waals surface area contributed by atoms with Crippen LogP contribution in [0.1, 0.15) is 62.3 Å². The van der Waals surface area contributed by atoms with Gasteiger partial charge in [0.05, 0.1) is 6.54 Å². The van der Waals surface area contributed by atoms with Crippen LogP contribution in [0.4, 0.5) is 4.79 Å². The van der Waals surface area contributed by atoms with Crippen LogP contribution in [0.2, 0.25) is 0 Å². The highest BCUT2D eigenvalue weighted by molar-refractivity contribution is 5.74. The minimum atomic E-state index is 0.124. The molecular formula is C21H29N5O. The number of hydrogen-bond donors (Lipinski definition) is 1. The van der Waals surface area contributed by atoms with Crippen LogP contribution in [0, 0.1) is 0 Å². The molecule has 0 aromatic carbocycles. The van der Waals surface area contributed by atoms with Gasteiger partial charge < -0.3 is 14.8 Å². The van der Waals surface area contributed by atoms with Crippen LogP contribution in [0.25, 0.3) is 0 Å². The third kappa shape index (κ3) is 4.49. The number of likely N-dealkylation sites (tertiary alicyclic amines) is 1. The largest absolute Gasteiger partial charge is 0.335 e. The zero-order chi connectivity index (χ0) is 18.5. The summed E-state index contributed by atoms with van der Waals surface area (Å²) in [6.07, 6.45) is 15.6. The molecule has 1 aliphatic carbocycles. The Balaban J connectivity index is 1.32. The molecule has 0 spiro atoms. The number of pyridine rings is 1. The Labute approximate surface area is 161 Å². The van der Waals surface area contributed by atoms with Crippen LogP contribution >= 0.6 is 0 Å². The van der Waals surface area contributed by atoms with Gasteiger partial charge in [0, 0.05) is 49.8 Å². The molecule has 6 heteroatoms. The number of rotatable bonds is 4. The van der Waals surface area contributed by atoms with Crippen molar-refractivity contribution in [2.24, 2.45) is 0 Å². The second kappa shape index (κ2) is 8.55. The summed E-state index contributed by atoms with van der Waals surface area (Å²) in [4.78, 5) is 23.4. The van der Waals surface area contributed by atoms with Gasteiger partial charge in [-0.2, -0.15) is 0 Å². The van der Waals surface area contributed by atoms with Gasteiger partial charge >= 0.3 is 6.03 Å². The first-order chi connectivity index (χ1) is 13.3. The molecule has 2 amide bonds. The van der Waals surface area contributed by atoms with E-state index in [9.17, 15) is 4.79 Å². The van der Waals surface area contributed by atoms with Crippen molar-refractivity contribution in [3.63, 3.8) is 0 Å². The fourth-order valence-corrected chi connectivity index (χ4v) is 4.36. The maximum atomic E-state index is 12.6. The van der Waals surface area contributed by atoms with Gasteiger partial charge in [0.2, 0.25) is 0 Å². The third-order valence-corrected chi connectivity index (χ3v) is 5.90. The Hall–Kier alpha value is -2.37. The molecule has 2 aromatic rings. The smallest absolute Gasteiger partial charge is 0.317 e. The Kier molecular flexibility index (Phi) is 5.70. The Morgan fingerprint density at radius 1 is 1.11 bits per heavy atom. The van der Waals surface area contributed by atoms with Crippen LogP contribution in [-0.2, 0) is 6.54 Å². The molecule has 2 aliphatic rings. The Bertz CT molecular complexity index is 730. The summed E-state index contributed by atoms with van der Waals surface area (Å²) in [5.41, 5.74) is 1.18. The highest BCUT2D eigenvalue weighted by Gasteiger charge is 2.27. The SMILES string of the molecule is O=C(NC1CCCCC1)N1CCC(c2nccn2Cc2cccnc2)CC1. The highest BCUT2D eigenvalue weighted by Crippen LogP contribution is 2.27. The summed E-state index contributed by atoms with van der Waals surface area (Å²) in [6.45, 7) is 2.41. The van der Waals surface area contributed by atoms with E-state index < -0.39 is 0 Å². The normalized spacial score (nSPS) is 19.2. The van der Waals surface area contributed by atoms with Crippen molar-refractivity contribution in [2.75, 3.05) is 13.1 Å². The molecule has 6 nitrogen and oxygen atoms in total. The number of nitrogens with zero attached hydrogens (tertiary/aromatic N) is 4. The fraction of sp³-hybridized carbons (Fsp3) is 0.571. The van der Waals surface area contributed by atoms with E-state index in [4.69, 9.17) is 0 Å². The molecule has 0 unspecified atom stereocenters. The first-order valence-electron chi connectivity index (χ1n) is 10.2. The van der Waals surface area contributed by atoms with Crippen molar-refractivity contribution < 1.29 is 4.79 Å². The Morgan fingerprint density at radius 3 is 2.67 bits per heavy atom. The molecule has 4 rings (SSSR count). The minimum Gasteiger partial charge on any atom is -0.335 e. The molecule has 27 heavy (non-hydrogen) atoms. The highest BCUT2D eigenvalue weighted by atomic mass is 16.2. The first kappa shape index (κ1) is 18.0. The van der Waals surface area contributed by atoms with Crippen LogP contribution in [-0.4, -0.2) is 44.6 Å². The number of imidazole rings is 1. The van der Waals surface area contributed by atoms with E-state index in [0.717, 1.165) is 51.1 Å². The van der Waals surface area contributed by atoms with Gasteiger partial charge in [0.25, 0.3) is 0 Å². The number of carbonyl (C=O) groups is 1. The number of carbonyl (C=O) groups excluding carboxylic acids is 1. The molecule has 1 N–H and O–H groups in total. The molecule has 0 bridgehead atoms. The van der Waals surface area contributed by atoms with E-state index in [1.807, 2.05) is 29.6 Å². The maximum absolute atomic E-state index is 12.6. The number of nitrogens with one attached hydrogen (secondary N) is 1. The molecule has 1 aliphatic heterocycles. The topological polar surface area (TPSA) is 63.1 Å². The maximum Gasteiger partial charge on any atom is 0.317 e. The fourth-order valence-electron chi connectivity index (χ4n) is 4.36. The molecule has 2 aromatic heterocycles. The number of urea groups is 1. The van der Waals surface area contributed by atoms with Crippen LogP contribution in [0.3, 0.4) is 0 Å². The number of aromatic nitrogens is 3. The predicted octanol–water partition coefficient (Wildman–Crippen LogP) is 3.55. The van der Waals surface area contributed by atoms with Crippen LogP contribution in [0.5, 0.6) is 0 Å². The van der Waals surface area contributed by atoms with Gasteiger partial charge in [-0.05, 0) is 37.3 Å². The average Bonchev–Trinajstić information content (AvgIpc) is 3.18. The van der Waals surface area contributed by atoms with Gasteiger partial charge in [-0.15, -0.1) is 0 Å². The monoisotopic (exact) mass is 367 g/mol. The summed E-state index contributed by atoms with van der Waals surface area (Å²) < 4.78 is 2.22. The van der Waals surface area contributed by atoms with Gasteiger partial charge in [-0.25, -0.2) is 9.78 Å². The van der Waals surface area contributed by atoms with E-state index in [2.05, 4.69) is 25.9 Å². The van der Waals surface area contributed by atoms with E-state index >= 15 is 0 Å². The standard InChI is InChI=1S/C21H29N5O/c27-21(24-19-6-2-1-3-7-19)25-12-8-18(9-13-25)20-23-11-14-26(20)16-17-5-4-10-22-15-17/h4-5,10-11,14-15,18-19H,1-3,6-9,12-13,16H2,(H,24,27). The summed E-state index contributed by atoms with van der Waals surface area (Å²) in [5.74, 6) is 1.54. The number of hydrogen-bond acceptors (Lipinski definition) is 3. The van der Waals surface area contributed by atoms with Gasteiger partial charge in [-0.3, -0.25) is 4.98 Å². The zero-order valence-corrected chi connectivity index (χ0v) is 15.9. The lowest BCUT2D eigenvalue weighted by atomic mass is 9.95. The van der Waals surface area contributed by atoms with Crippen molar-refractivity contribution in [1.82, 2.24) is 24.8 Å². The Morgan fingerprint density at radius 2 is 1.93 bits per heavy atom. The molecule has 0 atom stereocenters. The van der Waals surface area contributed by atoms with Gasteiger partial charge in [-0.1, -0.05) is 25.3 Å². The molecule has 1 saturated heterocycles. The van der Waals surface area contributed by atoms with E-state index in [1.165, 1.54) is 24.8 Å². The lowest BCUT2D eigenvalue weighted by Crippen LogP contribution is -2.48. The van der Waals surface area contributed by atoms with Crippen molar-refractivity contribution in [2.45, 2.75) is 63.5 Å². The van der Waals surface area contributed by atoms with Crippen molar-refractivity contribution >= 4 is 6.03 Å². The van der Waals surface area contributed by atoms with Crippen molar-refractivity contribution in [3.8, 4) is 0 Å². The van der Waals surface area contributed by atoms with E-state index in [1.54, 1.807) is 6.20 Å². The van der Waals surface area contributed by atoms with Crippen molar-refractivity contribution in [1.29, 1.82) is 0 Å². The summed E-state index contributed by atoms with van der Waals surface area (Å²) >= 11 is 0. The molecular weight excluding hydrogens is 338 g/mol. The lowest BCUT2D eigenvalue weighted by molar-refractivity contribution is 0.173. The van der Waals surface area contributed by atoms with Gasteiger partial charge in [0.1, 0.15) is 5.82 Å². The molecule has 144 valence electrons.